The minimum Gasteiger partial charge on any atom is -0.373 e. The van der Waals surface area contributed by atoms with Gasteiger partial charge in [0.25, 0.3) is 0 Å². The Morgan fingerprint density at radius 1 is 1.30 bits per heavy atom. The molecule has 3 unspecified atom stereocenters. The third-order valence-corrected chi connectivity index (χ3v) is 3.20. The van der Waals surface area contributed by atoms with Crippen LogP contribution < -0.4 is 5.32 Å². The number of nitrogens with zero attached hydrogens (tertiary/aromatic N) is 1. The highest BCUT2D eigenvalue weighted by Crippen LogP contribution is 2.19. The average molecular weight is 296 g/mol. The molecular weight excluding hydrogens is 273 g/mol. The van der Waals surface area contributed by atoms with E-state index in [1.165, 1.54) is 0 Å². The van der Waals surface area contributed by atoms with Crippen molar-refractivity contribution in [3.05, 3.63) is 0 Å². The molecule has 0 aromatic carbocycles. The molecule has 118 valence electrons. The molecule has 0 saturated carbocycles. The standard InChI is InChI=1S/C13H23F3N2O2/c1-8(2)11(12(19)17-7-13(14,15)16)18-5-9(3)20-10(4)6-18/h8-11H,5-7H2,1-4H3,(H,17,19). The minimum absolute atomic E-state index is 0.0320. The molecule has 0 aromatic rings. The van der Waals surface area contributed by atoms with Crippen molar-refractivity contribution >= 4 is 5.91 Å². The molecule has 0 bridgehead atoms. The van der Waals surface area contributed by atoms with Crippen LogP contribution in [0.1, 0.15) is 27.7 Å². The first kappa shape index (κ1) is 17.2. The number of alkyl halides is 3. The predicted molar refractivity (Wildman–Crippen MR) is 69.3 cm³/mol. The molecule has 0 aliphatic carbocycles. The second-order valence-corrected chi connectivity index (χ2v) is 5.73. The first-order valence-corrected chi connectivity index (χ1v) is 6.84. The summed E-state index contributed by atoms with van der Waals surface area (Å²) < 4.78 is 42.2. The van der Waals surface area contributed by atoms with Gasteiger partial charge in [-0.15, -0.1) is 0 Å². The number of morpholine rings is 1. The van der Waals surface area contributed by atoms with Crippen LogP contribution in [0.25, 0.3) is 0 Å². The molecule has 1 aliphatic heterocycles. The first-order chi connectivity index (χ1) is 9.10. The van der Waals surface area contributed by atoms with E-state index in [-0.39, 0.29) is 18.1 Å². The van der Waals surface area contributed by atoms with Gasteiger partial charge in [0, 0.05) is 13.1 Å². The van der Waals surface area contributed by atoms with E-state index in [9.17, 15) is 18.0 Å². The molecule has 1 aliphatic rings. The number of carbonyl (C=O) groups is 1. The van der Waals surface area contributed by atoms with E-state index in [2.05, 4.69) is 0 Å². The molecule has 1 saturated heterocycles. The molecule has 0 aromatic heterocycles. The summed E-state index contributed by atoms with van der Waals surface area (Å²) in [4.78, 5) is 14.0. The molecule has 0 spiro atoms. The van der Waals surface area contributed by atoms with Crippen molar-refractivity contribution in [2.75, 3.05) is 19.6 Å². The van der Waals surface area contributed by atoms with Gasteiger partial charge >= 0.3 is 6.18 Å². The second kappa shape index (κ2) is 6.76. The van der Waals surface area contributed by atoms with Crippen LogP contribution >= 0.6 is 0 Å². The maximum atomic E-state index is 12.2. The van der Waals surface area contributed by atoms with Gasteiger partial charge in [-0.25, -0.2) is 0 Å². The first-order valence-electron chi connectivity index (χ1n) is 6.84. The van der Waals surface area contributed by atoms with Crippen molar-refractivity contribution in [1.29, 1.82) is 0 Å². The predicted octanol–water partition coefficient (Wildman–Crippen LogP) is 1.80. The fourth-order valence-electron chi connectivity index (χ4n) is 2.63. The Morgan fingerprint density at radius 3 is 2.20 bits per heavy atom. The Morgan fingerprint density at radius 2 is 1.80 bits per heavy atom. The molecule has 4 nitrogen and oxygen atoms in total. The Balaban J connectivity index is 2.70. The molecule has 0 radical (unpaired) electrons. The Labute approximate surface area is 117 Å². The Bertz CT molecular complexity index is 324. The smallest absolute Gasteiger partial charge is 0.373 e. The number of hydrogen-bond acceptors (Lipinski definition) is 3. The van der Waals surface area contributed by atoms with Crippen LogP contribution in [0.15, 0.2) is 0 Å². The number of carbonyl (C=O) groups excluding carboxylic acids is 1. The highest BCUT2D eigenvalue weighted by atomic mass is 19.4. The normalized spacial score (nSPS) is 26.6. The lowest BCUT2D eigenvalue weighted by Crippen LogP contribution is -2.57. The maximum Gasteiger partial charge on any atom is 0.405 e. The summed E-state index contributed by atoms with van der Waals surface area (Å²) in [6, 6.07) is -0.564. The van der Waals surface area contributed by atoms with Gasteiger partial charge in [-0.1, -0.05) is 13.8 Å². The summed E-state index contributed by atoms with van der Waals surface area (Å²) in [5, 5.41) is 1.98. The highest BCUT2D eigenvalue weighted by Gasteiger charge is 2.36. The molecule has 1 heterocycles. The van der Waals surface area contributed by atoms with Crippen molar-refractivity contribution in [3.63, 3.8) is 0 Å². The minimum atomic E-state index is -4.39. The molecule has 7 heteroatoms. The molecule has 1 amide bonds. The number of hydrogen-bond donors (Lipinski definition) is 1. The van der Waals surface area contributed by atoms with Crippen LogP contribution in [0, 0.1) is 5.92 Å². The van der Waals surface area contributed by atoms with Crippen LogP contribution in [0.3, 0.4) is 0 Å². The lowest BCUT2D eigenvalue weighted by molar-refractivity contribution is -0.147. The Kier molecular flexibility index (Phi) is 5.82. The summed E-state index contributed by atoms with van der Waals surface area (Å²) in [6.45, 7) is 7.27. The van der Waals surface area contributed by atoms with E-state index in [1.54, 1.807) is 0 Å². The lowest BCUT2D eigenvalue weighted by Gasteiger charge is -2.41. The van der Waals surface area contributed by atoms with Gasteiger partial charge in [-0.3, -0.25) is 9.69 Å². The van der Waals surface area contributed by atoms with Gasteiger partial charge < -0.3 is 10.1 Å². The monoisotopic (exact) mass is 296 g/mol. The molecule has 20 heavy (non-hydrogen) atoms. The molecule has 3 atom stereocenters. The van der Waals surface area contributed by atoms with Crippen LogP contribution in [0.5, 0.6) is 0 Å². The fraction of sp³-hybridized carbons (Fsp3) is 0.923. The van der Waals surface area contributed by atoms with Gasteiger partial charge in [-0.05, 0) is 19.8 Å². The van der Waals surface area contributed by atoms with Crippen LogP contribution in [-0.4, -0.2) is 54.9 Å². The summed E-state index contributed by atoms with van der Waals surface area (Å²) in [7, 11) is 0. The molecule has 1 fully saturated rings. The second-order valence-electron chi connectivity index (χ2n) is 5.73. The van der Waals surface area contributed by atoms with Crippen molar-refractivity contribution in [1.82, 2.24) is 10.2 Å². The Hall–Kier alpha value is -0.820. The van der Waals surface area contributed by atoms with Gasteiger partial charge in [0.1, 0.15) is 6.54 Å². The summed E-state index contributed by atoms with van der Waals surface area (Å²) in [5.41, 5.74) is 0. The fourth-order valence-corrected chi connectivity index (χ4v) is 2.63. The number of amides is 1. The van der Waals surface area contributed by atoms with E-state index >= 15 is 0 Å². The summed E-state index contributed by atoms with van der Waals surface area (Å²) in [6.07, 6.45) is -4.45. The van der Waals surface area contributed by atoms with E-state index in [4.69, 9.17) is 4.74 Å². The van der Waals surface area contributed by atoms with E-state index in [0.717, 1.165) is 0 Å². The van der Waals surface area contributed by atoms with E-state index < -0.39 is 24.7 Å². The molecular formula is C13H23F3N2O2. The quantitative estimate of drug-likeness (QED) is 0.860. The maximum absolute atomic E-state index is 12.2. The molecule has 1 rings (SSSR count). The zero-order valence-electron chi connectivity index (χ0n) is 12.3. The van der Waals surface area contributed by atoms with Crippen LogP contribution in [0.2, 0.25) is 0 Å². The third kappa shape index (κ3) is 5.28. The summed E-state index contributed by atoms with van der Waals surface area (Å²) >= 11 is 0. The topological polar surface area (TPSA) is 41.6 Å². The van der Waals surface area contributed by atoms with Crippen molar-refractivity contribution in [3.8, 4) is 0 Å². The van der Waals surface area contributed by atoms with E-state index in [1.807, 2.05) is 37.9 Å². The molecule has 1 N–H and O–H groups in total. The van der Waals surface area contributed by atoms with E-state index in [0.29, 0.717) is 13.1 Å². The third-order valence-electron chi connectivity index (χ3n) is 3.20. The van der Waals surface area contributed by atoms with Crippen molar-refractivity contribution in [2.24, 2.45) is 5.92 Å². The van der Waals surface area contributed by atoms with Crippen LogP contribution in [-0.2, 0) is 9.53 Å². The number of halogens is 3. The van der Waals surface area contributed by atoms with Gasteiger partial charge in [-0.2, -0.15) is 13.2 Å². The van der Waals surface area contributed by atoms with Crippen LogP contribution in [0.4, 0.5) is 13.2 Å². The average Bonchev–Trinajstić information content (AvgIpc) is 2.23. The largest absolute Gasteiger partial charge is 0.405 e. The van der Waals surface area contributed by atoms with Crippen molar-refractivity contribution in [2.45, 2.75) is 52.1 Å². The zero-order chi connectivity index (χ0) is 15.5. The van der Waals surface area contributed by atoms with Crippen molar-refractivity contribution < 1.29 is 22.7 Å². The van der Waals surface area contributed by atoms with Gasteiger partial charge in [0.15, 0.2) is 0 Å². The van der Waals surface area contributed by atoms with Gasteiger partial charge in [0.05, 0.1) is 18.2 Å². The SMILES string of the molecule is CC1CN(C(C(=O)NCC(F)(F)F)C(C)C)CC(C)O1. The highest BCUT2D eigenvalue weighted by molar-refractivity contribution is 5.82. The van der Waals surface area contributed by atoms with Gasteiger partial charge in [0.2, 0.25) is 5.91 Å². The number of nitrogens with one attached hydrogen (secondary N) is 1. The lowest BCUT2D eigenvalue weighted by atomic mass is 9.99. The number of rotatable bonds is 4. The number of ether oxygens (including phenoxy) is 1. The zero-order valence-corrected chi connectivity index (χ0v) is 12.3. The summed E-state index contributed by atoms with van der Waals surface area (Å²) in [5.74, 6) is -0.639.